The molecule has 0 bridgehead atoms. The minimum atomic E-state index is -3.20. The van der Waals surface area contributed by atoms with Gasteiger partial charge in [0.15, 0.2) is 19.8 Å². The number of rotatable bonds is 14. The van der Waals surface area contributed by atoms with Gasteiger partial charge in [-0.2, -0.15) is 8.78 Å². The molecule has 1 fully saturated rings. The fraction of sp³-hybridized carbons (Fsp3) is 0.412. The number of alkyl halides is 2. The molecule has 2 heterocycles. The van der Waals surface area contributed by atoms with E-state index in [0.717, 1.165) is 11.1 Å². The monoisotopic (exact) mass is 640 g/mol. The molecule has 0 aliphatic carbocycles. The van der Waals surface area contributed by atoms with Crippen molar-refractivity contribution >= 4 is 17.7 Å². The number of likely N-dealkylation sites (tertiary alicyclic amines) is 1. The summed E-state index contributed by atoms with van der Waals surface area (Å²) < 4.78 is 56.5. The molecule has 2 atom stereocenters. The van der Waals surface area contributed by atoms with Crippen molar-refractivity contribution in [3.8, 4) is 17.2 Å². The second-order valence-corrected chi connectivity index (χ2v) is 11.3. The van der Waals surface area contributed by atoms with E-state index in [4.69, 9.17) is 23.7 Å². The van der Waals surface area contributed by atoms with E-state index in [2.05, 4.69) is 0 Å². The normalized spacial score (nSPS) is 18.1. The highest BCUT2D eigenvalue weighted by Gasteiger charge is 2.34. The van der Waals surface area contributed by atoms with Crippen molar-refractivity contribution in [2.24, 2.45) is 0 Å². The second kappa shape index (κ2) is 15.2. The van der Waals surface area contributed by atoms with Crippen LogP contribution in [0, 0.1) is 0 Å². The van der Waals surface area contributed by atoms with Gasteiger partial charge in [0.25, 0.3) is 5.91 Å². The third-order valence-corrected chi connectivity index (χ3v) is 7.94. The maximum absolute atomic E-state index is 14.4. The predicted octanol–water partition coefficient (Wildman–Crippen LogP) is 5.59. The molecule has 1 saturated heterocycles. The van der Waals surface area contributed by atoms with Crippen LogP contribution in [-0.2, 0) is 20.9 Å². The molecule has 0 saturated carbocycles. The van der Waals surface area contributed by atoms with Gasteiger partial charge in [-0.15, -0.1) is 0 Å². The number of methoxy groups -OCH3 is 1. The molecule has 0 radical (unpaired) electrons. The Morgan fingerprint density at radius 1 is 1.02 bits per heavy atom. The number of anilines is 1. The van der Waals surface area contributed by atoms with Gasteiger partial charge in [0.05, 0.1) is 24.9 Å². The van der Waals surface area contributed by atoms with E-state index in [1.807, 2.05) is 18.2 Å². The van der Waals surface area contributed by atoms with Gasteiger partial charge in [-0.1, -0.05) is 36.4 Å². The third kappa shape index (κ3) is 8.64. The number of ether oxygens (including phenoxy) is 5. The van der Waals surface area contributed by atoms with Gasteiger partial charge >= 0.3 is 12.0 Å². The summed E-state index contributed by atoms with van der Waals surface area (Å²) in [6, 6.07) is 20.8. The largest absolute Gasteiger partial charge is 0.487 e. The number of carbonyl (C=O) groups is 2. The number of carbonyl (C=O) groups excluding carboxylic acids is 1. The summed E-state index contributed by atoms with van der Waals surface area (Å²) in [6.45, 7) is 0.0172. The predicted molar refractivity (Wildman–Crippen MR) is 165 cm³/mol. The maximum atomic E-state index is 14.4. The Morgan fingerprint density at radius 3 is 2.43 bits per heavy atom. The molecule has 0 aromatic heterocycles. The van der Waals surface area contributed by atoms with Gasteiger partial charge < -0.3 is 38.6 Å². The number of benzene rings is 3. The van der Waals surface area contributed by atoms with Crippen LogP contribution in [0.15, 0.2) is 72.8 Å². The summed E-state index contributed by atoms with van der Waals surface area (Å²) in [5.41, 5.74) is 2.35. The van der Waals surface area contributed by atoms with E-state index in [-0.39, 0.29) is 37.3 Å². The first-order chi connectivity index (χ1) is 22.2. The lowest BCUT2D eigenvalue weighted by atomic mass is 9.87. The minimum Gasteiger partial charge on any atom is -0.487 e. The highest BCUT2D eigenvalue weighted by molar-refractivity contribution is 5.97. The Labute approximate surface area is 266 Å². The van der Waals surface area contributed by atoms with Crippen molar-refractivity contribution in [1.82, 2.24) is 4.90 Å². The number of halogens is 2. The average molecular weight is 641 g/mol. The molecule has 0 spiro atoms. The Bertz CT molecular complexity index is 1460. The van der Waals surface area contributed by atoms with Crippen molar-refractivity contribution in [1.29, 1.82) is 0 Å². The Morgan fingerprint density at radius 2 is 1.74 bits per heavy atom. The molecule has 46 heavy (non-hydrogen) atoms. The molecular weight excluding hydrogens is 602 g/mol. The maximum Gasteiger partial charge on any atom is 0.407 e. The van der Waals surface area contributed by atoms with E-state index in [9.17, 15) is 23.5 Å². The molecule has 1 N–H and O–H groups in total. The zero-order valence-electron chi connectivity index (χ0n) is 25.6. The highest BCUT2D eigenvalue weighted by Crippen LogP contribution is 2.35. The molecule has 2 unspecified atom stereocenters. The van der Waals surface area contributed by atoms with Gasteiger partial charge in [0, 0.05) is 32.7 Å². The van der Waals surface area contributed by atoms with E-state index >= 15 is 0 Å². The number of fused-ring (bicyclic) bond motifs is 1. The average Bonchev–Trinajstić information content (AvgIpc) is 3.07. The summed E-state index contributed by atoms with van der Waals surface area (Å²) in [4.78, 5) is 27.4. The standard InChI is InChI=1S/C34H38F2N2O8/c1-42-17-5-15-38-29-18-24(8-13-30(29)44-21-32(38)39)20-43-31-19-37(33(40)41)16-14-28(31)25-9-11-27(12-10-25)46-23-34(35,36)22-45-26-6-3-2-4-7-26/h2-4,6-13,18,28,31H,5,14-17,19-23H2,1H3,(H,40,41). The molecular formula is C34H38F2N2O8. The molecule has 3 aromatic rings. The van der Waals surface area contributed by atoms with E-state index in [1.165, 1.54) is 4.90 Å². The second-order valence-electron chi connectivity index (χ2n) is 11.3. The summed E-state index contributed by atoms with van der Waals surface area (Å²) in [6.07, 6.45) is -0.301. The van der Waals surface area contributed by atoms with Gasteiger partial charge in [0.2, 0.25) is 0 Å². The summed E-state index contributed by atoms with van der Waals surface area (Å²) in [7, 11) is 1.61. The molecule has 246 valence electrons. The summed E-state index contributed by atoms with van der Waals surface area (Å²) >= 11 is 0. The zero-order valence-corrected chi connectivity index (χ0v) is 25.6. The van der Waals surface area contributed by atoms with E-state index in [0.29, 0.717) is 49.7 Å². The number of hydrogen-bond donors (Lipinski definition) is 1. The van der Waals surface area contributed by atoms with E-state index < -0.39 is 31.3 Å². The minimum absolute atomic E-state index is 0.0282. The number of carboxylic acid groups (broad SMARTS) is 1. The Hall–Kier alpha value is -4.42. The van der Waals surface area contributed by atoms with E-state index in [1.54, 1.807) is 66.6 Å². The smallest absolute Gasteiger partial charge is 0.407 e. The van der Waals surface area contributed by atoms with Crippen molar-refractivity contribution < 1.29 is 47.2 Å². The van der Waals surface area contributed by atoms with Crippen LogP contribution in [0.3, 0.4) is 0 Å². The van der Waals surface area contributed by atoms with Crippen molar-refractivity contribution in [3.05, 3.63) is 83.9 Å². The number of piperidine rings is 1. The van der Waals surface area contributed by atoms with Gasteiger partial charge in [-0.3, -0.25) is 4.79 Å². The fourth-order valence-corrected chi connectivity index (χ4v) is 5.54. The summed E-state index contributed by atoms with van der Waals surface area (Å²) in [5, 5.41) is 9.66. The van der Waals surface area contributed by atoms with Crippen LogP contribution in [0.1, 0.15) is 29.9 Å². The quantitative estimate of drug-likeness (QED) is 0.227. The molecule has 2 aliphatic rings. The first-order valence-corrected chi connectivity index (χ1v) is 15.2. The van der Waals surface area contributed by atoms with Crippen LogP contribution in [0.2, 0.25) is 0 Å². The molecule has 2 aliphatic heterocycles. The SMILES string of the molecule is COCCCN1C(=O)COc2ccc(COC3CN(C(=O)O)CCC3c3ccc(OCC(F)(F)COc4ccccc4)cc3)cc21. The number of hydrogen-bond acceptors (Lipinski definition) is 7. The third-order valence-electron chi connectivity index (χ3n) is 7.94. The number of amides is 2. The summed E-state index contributed by atoms with van der Waals surface area (Å²) in [5.74, 6) is -2.23. The van der Waals surface area contributed by atoms with Crippen molar-refractivity contribution in [2.75, 3.05) is 58.1 Å². The van der Waals surface area contributed by atoms with Gasteiger partial charge in [0.1, 0.15) is 17.2 Å². The fourth-order valence-electron chi connectivity index (χ4n) is 5.54. The van der Waals surface area contributed by atoms with Crippen LogP contribution in [0.25, 0.3) is 0 Å². The topological polar surface area (TPSA) is 107 Å². The highest BCUT2D eigenvalue weighted by atomic mass is 19.3. The molecule has 10 nitrogen and oxygen atoms in total. The molecule has 12 heteroatoms. The Kier molecular flexibility index (Phi) is 10.9. The van der Waals surface area contributed by atoms with Crippen LogP contribution in [0.4, 0.5) is 19.3 Å². The Balaban J connectivity index is 1.22. The van der Waals surface area contributed by atoms with Gasteiger partial charge in [-0.05, 0) is 60.4 Å². The first kappa shape index (κ1) is 33.0. The molecule has 2 amide bonds. The van der Waals surface area contributed by atoms with Crippen LogP contribution in [0.5, 0.6) is 17.2 Å². The lowest BCUT2D eigenvalue weighted by molar-refractivity contribution is -0.121. The number of para-hydroxylation sites is 1. The first-order valence-electron chi connectivity index (χ1n) is 15.2. The lowest BCUT2D eigenvalue weighted by Gasteiger charge is -2.37. The molecule has 3 aromatic carbocycles. The zero-order chi connectivity index (χ0) is 32.5. The number of nitrogens with zero attached hydrogens (tertiary/aromatic N) is 2. The van der Waals surface area contributed by atoms with Crippen molar-refractivity contribution in [3.63, 3.8) is 0 Å². The van der Waals surface area contributed by atoms with Crippen molar-refractivity contribution in [2.45, 2.75) is 37.4 Å². The molecule has 5 rings (SSSR count). The van der Waals surface area contributed by atoms with Crippen LogP contribution in [-0.4, -0.2) is 87.2 Å². The van der Waals surface area contributed by atoms with Crippen LogP contribution < -0.4 is 19.1 Å². The lowest BCUT2D eigenvalue weighted by Crippen LogP contribution is -2.46. The van der Waals surface area contributed by atoms with Crippen LogP contribution >= 0.6 is 0 Å². The van der Waals surface area contributed by atoms with Gasteiger partial charge in [-0.25, -0.2) is 4.79 Å².